The molecule has 0 bridgehead atoms. The van der Waals surface area contributed by atoms with Crippen LogP contribution >= 0.6 is 23.4 Å². The Morgan fingerprint density at radius 1 is 1.06 bits per heavy atom. The van der Waals surface area contributed by atoms with Crippen LogP contribution in [0, 0.1) is 5.82 Å². The molecule has 0 aliphatic carbocycles. The van der Waals surface area contributed by atoms with Gasteiger partial charge in [-0.3, -0.25) is 14.5 Å². The van der Waals surface area contributed by atoms with Gasteiger partial charge in [0.2, 0.25) is 10.8 Å². The third kappa shape index (κ3) is 2.99. The molecule has 2 heterocycles. The number of amides is 2. The Hall–Kier alpha value is -3.03. The van der Waals surface area contributed by atoms with Crippen LogP contribution in [0.2, 0.25) is 5.02 Å². The van der Waals surface area contributed by atoms with Crippen LogP contribution in [-0.4, -0.2) is 24.7 Å². The number of benzene rings is 3. The highest BCUT2D eigenvalue weighted by Crippen LogP contribution is 2.56. The summed E-state index contributed by atoms with van der Waals surface area (Å²) in [6, 6.07) is 18.8. The summed E-state index contributed by atoms with van der Waals surface area (Å²) < 4.78 is 19.8. The fraction of sp³-hybridized carbons (Fsp3) is 0.167. The molecule has 1 atom stereocenters. The van der Waals surface area contributed by atoms with Crippen molar-refractivity contribution < 1.29 is 18.7 Å². The second-order valence-electron chi connectivity index (χ2n) is 7.47. The monoisotopic (exact) mass is 468 g/mol. The minimum atomic E-state index is -1.26. The number of ether oxygens (including phenoxy) is 1. The number of thioether (sulfide) groups is 1. The lowest BCUT2D eigenvalue weighted by Crippen LogP contribution is -2.49. The smallest absolute Gasteiger partial charge is 0.269 e. The van der Waals surface area contributed by atoms with Gasteiger partial charge >= 0.3 is 0 Å². The number of fused-ring (bicyclic) bond motifs is 2. The molecule has 0 aromatic heterocycles. The molecule has 0 saturated carbocycles. The molecule has 2 aliphatic rings. The maximum atomic E-state index is 14.5. The molecule has 1 fully saturated rings. The van der Waals surface area contributed by atoms with E-state index in [2.05, 4.69) is 0 Å². The van der Waals surface area contributed by atoms with Crippen molar-refractivity contribution in [1.29, 1.82) is 0 Å². The summed E-state index contributed by atoms with van der Waals surface area (Å²) in [6.07, 6.45) is 0. The average Bonchev–Trinajstić information content (AvgIpc) is 3.27. The molecular weight excluding hydrogens is 451 g/mol. The fourth-order valence-corrected chi connectivity index (χ4v) is 5.87. The van der Waals surface area contributed by atoms with E-state index in [1.807, 2.05) is 24.3 Å². The number of carbonyl (C=O) groups excluding carboxylic acids is 2. The van der Waals surface area contributed by atoms with Gasteiger partial charge in [-0.2, -0.15) is 0 Å². The van der Waals surface area contributed by atoms with E-state index in [4.69, 9.17) is 16.3 Å². The molecule has 1 spiro atoms. The summed E-state index contributed by atoms with van der Waals surface area (Å²) in [6.45, 7) is -0.0334. The standard InChI is InChI=1S/C24H18ClFN2O3S/c1-31-16-11-9-15(10-12-16)28-22(29)14-32-24(28)18-5-2-3-8-21(18)27(23(24)30)13-17-19(25)6-4-7-20(17)26/h2-12H,13-14H2,1H3/t24-/m0/s1. The first-order chi connectivity index (χ1) is 15.5. The molecule has 2 aliphatic heterocycles. The van der Waals surface area contributed by atoms with Crippen LogP contribution in [0.5, 0.6) is 5.75 Å². The Morgan fingerprint density at radius 3 is 2.53 bits per heavy atom. The first-order valence-electron chi connectivity index (χ1n) is 9.93. The summed E-state index contributed by atoms with van der Waals surface area (Å²) in [5, 5.41) is 0.249. The summed E-state index contributed by atoms with van der Waals surface area (Å²) in [5.74, 6) is -0.152. The highest BCUT2D eigenvalue weighted by atomic mass is 35.5. The lowest BCUT2D eigenvalue weighted by Gasteiger charge is -2.33. The fourth-order valence-electron chi connectivity index (χ4n) is 4.29. The molecule has 162 valence electrons. The molecular formula is C24H18ClFN2O3S. The maximum absolute atomic E-state index is 14.5. The third-order valence-corrected chi connectivity index (χ3v) is 7.51. The normalized spacial score (nSPS) is 19.7. The Labute approximate surface area is 193 Å². The van der Waals surface area contributed by atoms with Gasteiger partial charge < -0.3 is 9.64 Å². The van der Waals surface area contributed by atoms with Crippen molar-refractivity contribution in [3.63, 3.8) is 0 Å². The van der Waals surface area contributed by atoms with Gasteiger partial charge in [-0.15, -0.1) is 11.8 Å². The van der Waals surface area contributed by atoms with Crippen LogP contribution in [0.15, 0.2) is 66.7 Å². The van der Waals surface area contributed by atoms with Crippen LogP contribution in [0.25, 0.3) is 0 Å². The first kappa shape index (κ1) is 20.8. The van der Waals surface area contributed by atoms with E-state index in [-0.39, 0.29) is 34.7 Å². The van der Waals surface area contributed by atoms with E-state index in [0.29, 0.717) is 22.7 Å². The van der Waals surface area contributed by atoms with Crippen LogP contribution in [0.4, 0.5) is 15.8 Å². The van der Waals surface area contributed by atoms with Crippen LogP contribution in [0.1, 0.15) is 11.1 Å². The Bertz CT molecular complexity index is 1220. The molecule has 0 N–H and O–H groups in total. The van der Waals surface area contributed by atoms with E-state index < -0.39 is 10.7 Å². The van der Waals surface area contributed by atoms with Crippen molar-refractivity contribution in [3.05, 3.63) is 88.7 Å². The molecule has 2 amide bonds. The number of carbonyl (C=O) groups is 2. The number of rotatable bonds is 4. The predicted octanol–water partition coefficient (Wildman–Crippen LogP) is 4.97. The predicted molar refractivity (Wildman–Crippen MR) is 124 cm³/mol. The number of anilines is 2. The van der Waals surface area contributed by atoms with Crippen LogP contribution in [0.3, 0.4) is 0 Å². The molecule has 0 unspecified atom stereocenters. The van der Waals surface area contributed by atoms with E-state index in [9.17, 15) is 14.0 Å². The van der Waals surface area contributed by atoms with Gasteiger partial charge in [0.15, 0.2) is 0 Å². The van der Waals surface area contributed by atoms with Gasteiger partial charge in [-0.1, -0.05) is 35.9 Å². The first-order valence-corrected chi connectivity index (χ1v) is 11.3. The average molecular weight is 469 g/mol. The van der Waals surface area contributed by atoms with Gasteiger partial charge in [0, 0.05) is 21.8 Å². The minimum Gasteiger partial charge on any atom is -0.497 e. The van der Waals surface area contributed by atoms with Crippen molar-refractivity contribution in [3.8, 4) is 5.75 Å². The zero-order chi connectivity index (χ0) is 22.5. The highest BCUT2D eigenvalue weighted by molar-refractivity contribution is 8.02. The number of hydrogen-bond acceptors (Lipinski definition) is 4. The van der Waals surface area contributed by atoms with E-state index in [1.165, 1.54) is 28.8 Å². The molecule has 8 heteroatoms. The minimum absolute atomic E-state index is 0.0334. The van der Waals surface area contributed by atoms with Crippen LogP contribution < -0.4 is 14.5 Å². The Balaban J connectivity index is 1.64. The van der Waals surface area contributed by atoms with E-state index in [0.717, 1.165) is 0 Å². The zero-order valence-electron chi connectivity index (χ0n) is 17.0. The number of methoxy groups -OCH3 is 1. The summed E-state index contributed by atoms with van der Waals surface area (Å²) in [5.41, 5.74) is 2.16. The third-order valence-electron chi connectivity index (χ3n) is 5.77. The highest BCUT2D eigenvalue weighted by Gasteiger charge is 2.61. The molecule has 5 rings (SSSR count). The largest absolute Gasteiger partial charge is 0.497 e. The van der Waals surface area contributed by atoms with E-state index >= 15 is 0 Å². The number of hydrogen-bond donors (Lipinski definition) is 0. The summed E-state index contributed by atoms with van der Waals surface area (Å²) >= 11 is 7.52. The molecule has 3 aromatic carbocycles. The maximum Gasteiger partial charge on any atom is 0.269 e. The lowest BCUT2D eigenvalue weighted by atomic mass is 10.0. The molecule has 1 saturated heterocycles. The van der Waals surface area contributed by atoms with Gasteiger partial charge in [0.1, 0.15) is 11.6 Å². The zero-order valence-corrected chi connectivity index (χ0v) is 18.6. The second-order valence-corrected chi connectivity index (χ2v) is 9.04. The number of para-hydroxylation sites is 1. The van der Waals surface area contributed by atoms with Crippen molar-refractivity contribution in [2.75, 3.05) is 22.7 Å². The van der Waals surface area contributed by atoms with Gasteiger partial charge in [-0.05, 0) is 42.5 Å². The molecule has 0 radical (unpaired) electrons. The topological polar surface area (TPSA) is 49.9 Å². The Morgan fingerprint density at radius 2 is 1.81 bits per heavy atom. The second kappa shape index (κ2) is 7.83. The molecule has 5 nitrogen and oxygen atoms in total. The van der Waals surface area contributed by atoms with Crippen molar-refractivity contribution >= 4 is 46.6 Å². The van der Waals surface area contributed by atoms with Gasteiger partial charge in [0.25, 0.3) is 5.91 Å². The Kier molecular flexibility index (Phi) is 5.10. The van der Waals surface area contributed by atoms with E-state index in [1.54, 1.807) is 42.3 Å². The number of halogens is 2. The van der Waals surface area contributed by atoms with Gasteiger partial charge in [0.05, 0.1) is 25.1 Å². The van der Waals surface area contributed by atoms with Crippen molar-refractivity contribution in [2.24, 2.45) is 0 Å². The molecule has 32 heavy (non-hydrogen) atoms. The van der Waals surface area contributed by atoms with Crippen molar-refractivity contribution in [2.45, 2.75) is 11.4 Å². The SMILES string of the molecule is COc1ccc(N2C(=O)CS[C@@]23C(=O)N(Cc2c(F)cccc2Cl)c2ccccc23)cc1. The quantitative estimate of drug-likeness (QED) is 0.542. The van der Waals surface area contributed by atoms with Gasteiger partial charge in [-0.25, -0.2) is 4.39 Å². The van der Waals surface area contributed by atoms with Crippen LogP contribution in [-0.2, 0) is 21.0 Å². The summed E-state index contributed by atoms with van der Waals surface area (Å²) in [4.78, 5) is 28.8. The van der Waals surface area contributed by atoms with Crippen molar-refractivity contribution in [1.82, 2.24) is 0 Å². The lowest BCUT2D eigenvalue weighted by molar-refractivity contribution is -0.123. The number of nitrogens with zero attached hydrogens (tertiary/aromatic N) is 2. The summed E-state index contributed by atoms with van der Waals surface area (Å²) in [7, 11) is 1.57. The molecule has 3 aromatic rings.